The molecule has 0 spiro atoms. The number of benzene rings is 1. The number of hydrogen-bond donors (Lipinski definition) is 2. The zero-order chi connectivity index (χ0) is 13.7. The van der Waals surface area contributed by atoms with Gasteiger partial charge in [-0.25, -0.2) is 4.39 Å². The monoisotopic (exact) mass is 252 g/mol. The molecule has 0 radical (unpaired) electrons. The molecule has 4 heteroatoms. The number of nitrogens with two attached hydrogens (primary N) is 1. The maximum atomic E-state index is 12.9. The molecule has 0 aromatic heterocycles. The van der Waals surface area contributed by atoms with E-state index in [1.165, 1.54) is 12.1 Å². The van der Waals surface area contributed by atoms with Gasteiger partial charge in [0.05, 0.1) is 12.1 Å². The Morgan fingerprint density at radius 3 is 2.33 bits per heavy atom. The van der Waals surface area contributed by atoms with Gasteiger partial charge < -0.3 is 11.1 Å². The summed E-state index contributed by atoms with van der Waals surface area (Å²) in [5.41, 5.74) is 6.59. The van der Waals surface area contributed by atoms with E-state index in [2.05, 4.69) is 5.32 Å². The summed E-state index contributed by atoms with van der Waals surface area (Å²) in [5, 5.41) is 2.92. The minimum absolute atomic E-state index is 0.143. The van der Waals surface area contributed by atoms with E-state index < -0.39 is 6.04 Å². The molecule has 0 bridgehead atoms. The summed E-state index contributed by atoms with van der Waals surface area (Å²) in [4.78, 5) is 11.8. The van der Waals surface area contributed by atoms with Crippen LogP contribution in [0.2, 0.25) is 0 Å². The molecule has 1 amide bonds. The Morgan fingerprint density at radius 2 is 1.89 bits per heavy atom. The molecular formula is C14H21FN2O. The van der Waals surface area contributed by atoms with Gasteiger partial charge in [-0.05, 0) is 30.0 Å². The second kappa shape index (κ2) is 6.50. The Bertz CT molecular complexity index is 389. The third-order valence-corrected chi connectivity index (χ3v) is 2.97. The van der Waals surface area contributed by atoms with Crippen LogP contribution < -0.4 is 11.1 Å². The van der Waals surface area contributed by atoms with Gasteiger partial charge in [0.15, 0.2) is 0 Å². The summed E-state index contributed by atoms with van der Waals surface area (Å²) in [6.45, 7) is 5.88. The molecule has 0 heterocycles. The minimum Gasteiger partial charge on any atom is -0.348 e. The van der Waals surface area contributed by atoms with Gasteiger partial charge in [0.1, 0.15) is 5.82 Å². The number of carbonyl (C=O) groups is 1. The SMILES string of the molecule is CC[C@H](N)C(=O)NC(c1ccc(F)cc1)C(C)C. The highest BCUT2D eigenvalue weighted by Gasteiger charge is 2.20. The van der Waals surface area contributed by atoms with Gasteiger partial charge in [0.2, 0.25) is 5.91 Å². The maximum Gasteiger partial charge on any atom is 0.237 e. The van der Waals surface area contributed by atoms with E-state index in [1.54, 1.807) is 12.1 Å². The minimum atomic E-state index is -0.494. The number of nitrogens with one attached hydrogen (secondary N) is 1. The fourth-order valence-corrected chi connectivity index (χ4v) is 1.75. The van der Waals surface area contributed by atoms with Crippen LogP contribution in [0.25, 0.3) is 0 Å². The van der Waals surface area contributed by atoms with Crippen molar-refractivity contribution in [2.45, 2.75) is 39.3 Å². The molecule has 0 aliphatic rings. The van der Waals surface area contributed by atoms with Crippen LogP contribution in [0.3, 0.4) is 0 Å². The summed E-state index contributed by atoms with van der Waals surface area (Å²) in [7, 11) is 0. The van der Waals surface area contributed by atoms with Crippen molar-refractivity contribution in [3.63, 3.8) is 0 Å². The van der Waals surface area contributed by atoms with Gasteiger partial charge in [0.25, 0.3) is 0 Å². The Balaban J connectivity index is 2.83. The smallest absolute Gasteiger partial charge is 0.237 e. The standard InChI is InChI=1S/C14H21FN2O/c1-4-12(16)14(18)17-13(9(2)3)10-5-7-11(15)8-6-10/h5-9,12-13H,4,16H2,1-3H3,(H,17,18)/t12-,13?/m0/s1. The molecule has 1 unspecified atom stereocenters. The van der Waals surface area contributed by atoms with Gasteiger partial charge in [-0.2, -0.15) is 0 Å². The van der Waals surface area contributed by atoms with E-state index in [0.29, 0.717) is 6.42 Å². The van der Waals surface area contributed by atoms with Crippen LogP contribution in [-0.2, 0) is 4.79 Å². The lowest BCUT2D eigenvalue weighted by molar-refractivity contribution is -0.123. The van der Waals surface area contributed by atoms with Crippen LogP contribution in [0.5, 0.6) is 0 Å². The second-order valence-electron chi connectivity index (χ2n) is 4.80. The van der Waals surface area contributed by atoms with Gasteiger partial charge in [0, 0.05) is 0 Å². The van der Waals surface area contributed by atoms with Crippen LogP contribution in [0, 0.1) is 11.7 Å². The molecule has 1 aromatic carbocycles. The molecular weight excluding hydrogens is 231 g/mol. The Hall–Kier alpha value is -1.42. The molecule has 0 fully saturated rings. The van der Waals surface area contributed by atoms with Crippen LogP contribution in [0.1, 0.15) is 38.8 Å². The van der Waals surface area contributed by atoms with Gasteiger partial charge in [-0.15, -0.1) is 0 Å². The fourth-order valence-electron chi connectivity index (χ4n) is 1.75. The topological polar surface area (TPSA) is 55.1 Å². The lowest BCUT2D eigenvalue weighted by Gasteiger charge is -2.24. The molecule has 3 nitrogen and oxygen atoms in total. The molecule has 0 saturated heterocycles. The number of halogens is 1. The predicted octanol–water partition coefficient (Wildman–Crippen LogP) is 2.38. The van der Waals surface area contributed by atoms with E-state index in [9.17, 15) is 9.18 Å². The van der Waals surface area contributed by atoms with Crippen LogP contribution in [-0.4, -0.2) is 11.9 Å². The van der Waals surface area contributed by atoms with Crippen molar-refractivity contribution < 1.29 is 9.18 Å². The first-order chi connectivity index (χ1) is 8.45. The normalized spacial score (nSPS) is 14.3. The van der Waals surface area contributed by atoms with Gasteiger partial charge in [-0.3, -0.25) is 4.79 Å². The molecule has 1 rings (SSSR count). The highest BCUT2D eigenvalue weighted by atomic mass is 19.1. The quantitative estimate of drug-likeness (QED) is 0.845. The largest absolute Gasteiger partial charge is 0.348 e. The fraction of sp³-hybridized carbons (Fsp3) is 0.500. The third-order valence-electron chi connectivity index (χ3n) is 2.97. The van der Waals surface area contributed by atoms with E-state index in [0.717, 1.165) is 5.56 Å². The number of hydrogen-bond acceptors (Lipinski definition) is 2. The van der Waals surface area contributed by atoms with Crippen molar-refractivity contribution in [3.8, 4) is 0 Å². The molecule has 100 valence electrons. The molecule has 3 N–H and O–H groups in total. The first-order valence-corrected chi connectivity index (χ1v) is 6.27. The summed E-state index contributed by atoms with van der Waals surface area (Å²) in [6, 6.07) is 5.55. The van der Waals surface area contributed by atoms with E-state index in [4.69, 9.17) is 5.73 Å². The highest BCUT2D eigenvalue weighted by molar-refractivity contribution is 5.81. The molecule has 0 aliphatic heterocycles. The first kappa shape index (κ1) is 14.6. The second-order valence-corrected chi connectivity index (χ2v) is 4.80. The van der Waals surface area contributed by atoms with Gasteiger partial charge in [-0.1, -0.05) is 32.9 Å². The zero-order valence-corrected chi connectivity index (χ0v) is 11.1. The maximum absolute atomic E-state index is 12.9. The summed E-state index contributed by atoms with van der Waals surface area (Å²) in [6.07, 6.45) is 0.597. The first-order valence-electron chi connectivity index (χ1n) is 6.27. The number of rotatable bonds is 5. The lowest BCUT2D eigenvalue weighted by Crippen LogP contribution is -2.43. The number of amides is 1. The molecule has 2 atom stereocenters. The lowest BCUT2D eigenvalue weighted by atomic mass is 9.95. The van der Waals surface area contributed by atoms with Crippen molar-refractivity contribution in [3.05, 3.63) is 35.6 Å². The highest BCUT2D eigenvalue weighted by Crippen LogP contribution is 2.22. The molecule has 18 heavy (non-hydrogen) atoms. The molecule has 0 saturated carbocycles. The van der Waals surface area contributed by atoms with Crippen LogP contribution >= 0.6 is 0 Å². The van der Waals surface area contributed by atoms with Gasteiger partial charge >= 0.3 is 0 Å². The summed E-state index contributed by atoms with van der Waals surface area (Å²) < 4.78 is 12.9. The van der Waals surface area contributed by atoms with E-state index >= 15 is 0 Å². The average Bonchev–Trinajstić information content (AvgIpc) is 2.35. The number of carbonyl (C=O) groups excluding carboxylic acids is 1. The predicted molar refractivity (Wildman–Crippen MR) is 70.4 cm³/mol. The van der Waals surface area contributed by atoms with Crippen molar-refractivity contribution in [2.24, 2.45) is 11.7 Å². The Morgan fingerprint density at radius 1 is 1.33 bits per heavy atom. The Kier molecular flexibility index (Phi) is 5.28. The summed E-state index contributed by atoms with van der Waals surface area (Å²) >= 11 is 0. The Labute approximate surface area is 108 Å². The van der Waals surface area contributed by atoms with Crippen molar-refractivity contribution in [1.82, 2.24) is 5.32 Å². The van der Waals surface area contributed by atoms with E-state index in [-0.39, 0.29) is 23.7 Å². The average molecular weight is 252 g/mol. The van der Waals surface area contributed by atoms with Crippen molar-refractivity contribution in [2.75, 3.05) is 0 Å². The van der Waals surface area contributed by atoms with Crippen molar-refractivity contribution >= 4 is 5.91 Å². The van der Waals surface area contributed by atoms with Crippen LogP contribution in [0.15, 0.2) is 24.3 Å². The van der Waals surface area contributed by atoms with Crippen molar-refractivity contribution in [1.29, 1.82) is 0 Å². The summed E-state index contributed by atoms with van der Waals surface area (Å²) in [5.74, 6) is -0.234. The third kappa shape index (κ3) is 3.81. The van der Waals surface area contributed by atoms with Crippen LogP contribution in [0.4, 0.5) is 4.39 Å². The van der Waals surface area contributed by atoms with E-state index in [1.807, 2.05) is 20.8 Å². The molecule has 0 aliphatic carbocycles. The zero-order valence-electron chi connectivity index (χ0n) is 11.1. The molecule has 1 aromatic rings.